The molecule has 4 rings (SSSR count). The van der Waals surface area contributed by atoms with Crippen molar-refractivity contribution >= 4 is 40.9 Å². The zero-order chi connectivity index (χ0) is 31.7. The highest BCUT2D eigenvalue weighted by molar-refractivity contribution is 7.98. The minimum Gasteiger partial charge on any atom is -0.486 e. The molecule has 0 saturated carbocycles. The number of halogens is 5. The Labute approximate surface area is 250 Å². The van der Waals surface area contributed by atoms with Gasteiger partial charge in [-0.2, -0.15) is 13.2 Å². The van der Waals surface area contributed by atoms with Crippen LogP contribution in [0.25, 0.3) is 11.1 Å². The van der Waals surface area contributed by atoms with Crippen LogP contribution in [0.5, 0.6) is 5.75 Å². The number of carbonyl (C=O) groups excluding carboxylic acids is 1. The molecule has 0 atom stereocenters. The Kier molecular flexibility index (Phi) is 11.9. The topological polar surface area (TPSA) is 129 Å². The van der Waals surface area contributed by atoms with E-state index in [4.69, 9.17) is 14.6 Å². The molecule has 232 valence electrons. The van der Waals surface area contributed by atoms with Crippen molar-refractivity contribution in [3.63, 3.8) is 0 Å². The first-order valence-electron chi connectivity index (χ1n) is 12.5. The van der Waals surface area contributed by atoms with Crippen LogP contribution in [0.3, 0.4) is 0 Å². The van der Waals surface area contributed by atoms with Crippen molar-refractivity contribution in [1.29, 1.82) is 0 Å². The molecule has 2 heterocycles. The highest BCUT2D eigenvalue weighted by Crippen LogP contribution is 2.33. The Balaban J connectivity index is 0.000000646. The van der Waals surface area contributed by atoms with Crippen LogP contribution in [0.4, 0.5) is 22.0 Å². The summed E-state index contributed by atoms with van der Waals surface area (Å²) in [6.45, 7) is 1.23. The van der Waals surface area contributed by atoms with Gasteiger partial charge in [-0.15, -0.1) is 23.1 Å². The maximum Gasteiger partial charge on any atom is 0.490 e. The van der Waals surface area contributed by atoms with Crippen molar-refractivity contribution in [2.45, 2.75) is 36.6 Å². The summed E-state index contributed by atoms with van der Waals surface area (Å²) in [5.74, 6) is -5.44. The van der Waals surface area contributed by atoms with Gasteiger partial charge in [0.25, 0.3) is 5.91 Å². The highest BCUT2D eigenvalue weighted by Gasteiger charge is 2.38. The summed E-state index contributed by atoms with van der Waals surface area (Å²) in [6, 6.07) is 9.21. The van der Waals surface area contributed by atoms with Crippen molar-refractivity contribution in [3.05, 3.63) is 64.1 Å². The molecule has 0 aliphatic carbocycles. The maximum atomic E-state index is 13.8. The van der Waals surface area contributed by atoms with Crippen molar-refractivity contribution in [1.82, 2.24) is 15.2 Å². The standard InChI is InChI=1S/C25H25F2N3O4S2.C2HF3O2/c1-35-22-11-20(27)19(26)10-18(22)15-2-4-17(5-3-15)34-13-23-29-21(14-36-23)25(33)30(12-24(31)32)16-6-8-28-9-7-16;3-2(4,5)1(6)7/h2-5,10-11,14,16,28H,6-9,12-13H2,1H3,(H,31,32);(H,6,7). The number of aromatic nitrogens is 1. The summed E-state index contributed by atoms with van der Waals surface area (Å²) in [7, 11) is 0. The van der Waals surface area contributed by atoms with E-state index in [1.165, 1.54) is 40.1 Å². The van der Waals surface area contributed by atoms with Crippen molar-refractivity contribution < 1.29 is 51.3 Å². The minimum absolute atomic E-state index is 0.130. The number of rotatable bonds is 9. The molecule has 0 radical (unpaired) electrons. The monoisotopic (exact) mass is 647 g/mol. The Morgan fingerprint density at radius 1 is 1.09 bits per heavy atom. The minimum atomic E-state index is -5.08. The fourth-order valence-electron chi connectivity index (χ4n) is 4.05. The Morgan fingerprint density at radius 2 is 1.70 bits per heavy atom. The van der Waals surface area contributed by atoms with Crippen LogP contribution in [0.15, 0.2) is 46.7 Å². The number of carboxylic acids is 2. The van der Waals surface area contributed by atoms with E-state index in [9.17, 15) is 36.6 Å². The lowest BCUT2D eigenvalue weighted by atomic mass is 10.0. The molecule has 1 amide bonds. The second-order valence-corrected chi connectivity index (χ2v) is 10.8. The predicted molar refractivity (Wildman–Crippen MR) is 148 cm³/mol. The van der Waals surface area contributed by atoms with Crippen LogP contribution in [-0.4, -0.2) is 76.1 Å². The van der Waals surface area contributed by atoms with Gasteiger partial charge in [-0.3, -0.25) is 9.59 Å². The van der Waals surface area contributed by atoms with Gasteiger partial charge >= 0.3 is 18.1 Å². The zero-order valence-corrected chi connectivity index (χ0v) is 24.1. The predicted octanol–water partition coefficient (Wildman–Crippen LogP) is 5.30. The summed E-state index contributed by atoms with van der Waals surface area (Å²) < 4.78 is 64.9. The molecule has 1 aliphatic heterocycles. The quantitative estimate of drug-likeness (QED) is 0.209. The Bertz CT molecular complexity index is 1430. The number of carboxylic acid groups (broad SMARTS) is 2. The number of thioether (sulfide) groups is 1. The summed E-state index contributed by atoms with van der Waals surface area (Å²) in [5, 5.41) is 21.8. The molecule has 0 spiro atoms. The van der Waals surface area contributed by atoms with E-state index in [1.54, 1.807) is 35.9 Å². The lowest BCUT2D eigenvalue weighted by molar-refractivity contribution is -0.192. The first kappa shape index (κ1) is 33.7. The van der Waals surface area contributed by atoms with Crippen LogP contribution >= 0.6 is 23.1 Å². The fraction of sp³-hybridized carbons (Fsp3) is 0.333. The average molecular weight is 648 g/mol. The summed E-state index contributed by atoms with van der Waals surface area (Å²) in [4.78, 5) is 39.7. The lowest BCUT2D eigenvalue weighted by Crippen LogP contribution is -2.48. The average Bonchev–Trinajstić information content (AvgIpc) is 3.45. The van der Waals surface area contributed by atoms with Gasteiger partial charge in [-0.05, 0) is 67.6 Å². The first-order valence-corrected chi connectivity index (χ1v) is 14.6. The third kappa shape index (κ3) is 9.62. The van der Waals surface area contributed by atoms with Crippen LogP contribution < -0.4 is 10.1 Å². The summed E-state index contributed by atoms with van der Waals surface area (Å²) in [5.41, 5.74) is 1.52. The second-order valence-electron chi connectivity index (χ2n) is 9.02. The fourth-order valence-corrected chi connectivity index (χ4v) is 5.35. The number of hydrogen-bond donors (Lipinski definition) is 3. The molecule has 0 bridgehead atoms. The number of ether oxygens (including phenoxy) is 1. The number of thiazole rings is 1. The van der Waals surface area contributed by atoms with Crippen molar-refractivity contribution in [3.8, 4) is 16.9 Å². The molecule has 1 aliphatic rings. The van der Waals surface area contributed by atoms with Gasteiger partial charge in [-0.25, -0.2) is 18.6 Å². The van der Waals surface area contributed by atoms with Gasteiger partial charge in [0.1, 0.15) is 29.6 Å². The third-order valence-electron chi connectivity index (χ3n) is 6.10. The van der Waals surface area contributed by atoms with Gasteiger partial charge in [0.05, 0.1) is 0 Å². The summed E-state index contributed by atoms with van der Waals surface area (Å²) >= 11 is 2.60. The highest BCUT2D eigenvalue weighted by atomic mass is 32.2. The van der Waals surface area contributed by atoms with Crippen molar-refractivity contribution in [2.75, 3.05) is 25.9 Å². The molecule has 0 unspecified atom stereocenters. The van der Waals surface area contributed by atoms with Gasteiger partial charge in [-0.1, -0.05) is 12.1 Å². The van der Waals surface area contributed by atoms with Gasteiger partial charge < -0.3 is 25.2 Å². The molecule has 16 heteroatoms. The Morgan fingerprint density at radius 3 is 2.26 bits per heavy atom. The molecule has 3 aromatic rings. The summed E-state index contributed by atoms with van der Waals surface area (Å²) in [6.07, 6.45) is -1.90. The van der Waals surface area contributed by atoms with Crippen LogP contribution in [0.2, 0.25) is 0 Å². The van der Waals surface area contributed by atoms with Gasteiger partial charge in [0.15, 0.2) is 11.6 Å². The lowest BCUT2D eigenvalue weighted by Gasteiger charge is -2.33. The number of amides is 1. The number of piperidine rings is 1. The van der Waals surface area contributed by atoms with Gasteiger partial charge in [0.2, 0.25) is 0 Å². The molecule has 1 aromatic heterocycles. The number of hydrogen-bond acceptors (Lipinski definition) is 8. The molecule has 9 nitrogen and oxygen atoms in total. The number of nitrogens with zero attached hydrogens (tertiary/aromatic N) is 2. The first-order chi connectivity index (χ1) is 20.3. The second kappa shape index (κ2) is 15.1. The van der Waals surface area contributed by atoms with E-state index in [0.29, 0.717) is 34.1 Å². The number of aliphatic carboxylic acids is 2. The van der Waals surface area contributed by atoms with E-state index in [2.05, 4.69) is 10.3 Å². The van der Waals surface area contributed by atoms with E-state index < -0.39 is 35.7 Å². The molecule has 1 fully saturated rings. The maximum absolute atomic E-state index is 13.8. The van der Waals surface area contributed by atoms with Crippen LogP contribution in [-0.2, 0) is 16.2 Å². The van der Waals surface area contributed by atoms with Crippen LogP contribution in [0.1, 0.15) is 28.3 Å². The zero-order valence-electron chi connectivity index (χ0n) is 22.5. The van der Waals surface area contributed by atoms with E-state index in [-0.39, 0.29) is 24.9 Å². The molecule has 1 saturated heterocycles. The number of benzene rings is 2. The molecule has 2 aromatic carbocycles. The van der Waals surface area contributed by atoms with E-state index in [0.717, 1.165) is 18.7 Å². The van der Waals surface area contributed by atoms with Crippen molar-refractivity contribution in [2.24, 2.45) is 0 Å². The number of alkyl halides is 3. The normalized spacial score (nSPS) is 13.5. The van der Waals surface area contributed by atoms with Crippen LogP contribution in [0, 0.1) is 11.6 Å². The van der Waals surface area contributed by atoms with Gasteiger partial charge in [0, 0.05) is 16.3 Å². The molecule has 43 heavy (non-hydrogen) atoms. The smallest absolute Gasteiger partial charge is 0.486 e. The Hall–Kier alpha value is -3.76. The molecule has 3 N–H and O–H groups in total. The largest absolute Gasteiger partial charge is 0.490 e. The third-order valence-corrected chi connectivity index (χ3v) is 7.70. The van der Waals surface area contributed by atoms with E-state index >= 15 is 0 Å². The number of nitrogens with one attached hydrogen (secondary N) is 1. The molecular formula is C27H26F5N3O6S2. The SMILES string of the molecule is CSc1cc(F)c(F)cc1-c1ccc(OCc2nc(C(=O)N(CC(=O)O)C3CCNCC3)cs2)cc1.O=C(O)C(F)(F)F. The van der Waals surface area contributed by atoms with E-state index in [1.807, 2.05) is 0 Å². The number of carbonyl (C=O) groups is 3. The molecular weight excluding hydrogens is 621 g/mol.